The number of benzene rings is 1. The number of carbonyl (C=O) groups excluding carboxylic acids is 1. The first-order chi connectivity index (χ1) is 11.4. The van der Waals surface area contributed by atoms with Crippen molar-refractivity contribution in [3.8, 4) is 0 Å². The fraction of sp³-hybridized carbons (Fsp3) is 0.611. The minimum absolute atomic E-state index is 0.0914. The average molecular weight is 350 g/mol. The Hall–Kier alpha value is -1.40. The first-order valence-corrected chi connectivity index (χ1v) is 10.7. The van der Waals surface area contributed by atoms with Crippen LogP contribution in [0.4, 0.5) is 0 Å². The molecule has 24 heavy (non-hydrogen) atoms. The molecule has 132 valence electrons. The summed E-state index contributed by atoms with van der Waals surface area (Å²) in [5.74, 6) is 0.0914. The third-order valence-electron chi connectivity index (χ3n) is 5.08. The molecule has 2 aliphatic rings. The lowest BCUT2D eigenvalue weighted by molar-refractivity contribution is 0.0604. The van der Waals surface area contributed by atoms with Crippen LogP contribution < -0.4 is 4.72 Å². The van der Waals surface area contributed by atoms with Crippen LogP contribution in [-0.2, 0) is 22.9 Å². The fourth-order valence-electron chi connectivity index (χ4n) is 3.85. The normalized spacial score (nSPS) is 20.9. The Bertz CT molecular complexity index is 715. The average Bonchev–Trinajstić information content (AvgIpc) is 3.01. The molecular weight excluding hydrogens is 324 g/mol. The Morgan fingerprint density at radius 3 is 2.79 bits per heavy atom. The maximum absolute atomic E-state index is 13.0. The van der Waals surface area contributed by atoms with Gasteiger partial charge in [-0.15, -0.1) is 0 Å². The predicted molar refractivity (Wildman–Crippen MR) is 94.6 cm³/mol. The monoisotopic (exact) mass is 350 g/mol. The van der Waals surface area contributed by atoms with E-state index in [0.29, 0.717) is 13.0 Å². The minimum atomic E-state index is -3.18. The van der Waals surface area contributed by atoms with Crippen LogP contribution in [0.2, 0.25) is 0 Å². The van der Waals surface area contributed by atoms with Crippen molar-refractivity contribution in [3.05, 3.63) is 34.9 Å². The summed E-state index contributed by atoms with van der Waals surface area (Å²) in [7, 11) is -3.18. The number of piperidine rings is 1. The SMILES string of the molecule is CS(=O)(=O)NCC[C@@H]1CCCCN1C(=O)c1ccc2c(c1)CCC2. The minimum Gasteiger partial charge on any atom is -0.336 e. The van der Waals surface area contributed by atoms with Gasteiger partial charge in [0, 0.05) is 24.7 Å². The van der Waals surface area contributed by atoms with Gasteiger partial charge >= 0.3 is 0 Å². The summed E-state index contributed by atoms with van der Waals surface area (Å²) in [5.41, 5.74) is 3.46. The highest BCUT2D eigenvalue weighted by atomic mass is 32.2. The van der Waals surface area contributed by atoms with Gasteiger partial charge in [-0.25, -0.2) is 13.1 Å². The molecule has 6 heteroatoms. The second-order valence-electron chi connectivity index (χ2n) is 6.94. The number of carbonyl (C=O) groups is 1. The summed E-state index contributed by atoms with van der Waals surface area (Å²) in [4.78, 5) is 14.9. The molecule has 0 spiro atoms. The van der Waals surface area contributed by atoms with Crippen LogP contribution in [0.5, 0.6) is 0 Å². The topological polar surface area (TPSA) is 66.5 Å². The lowest BCUT2D eigenvalue weighted by Gasteiger charge is -2.36. The second-order valence-corrected chi connectivity index (χ2v) is 8.77. The maximum atomic E-state index is 13.0. The van der Waals surface area contributed by atoms with Crippen LogP contribution in [0.3, 0.4) is 0 Å². The highest BCUT2D eigenvalue weighted by Crippen LogP contribution is 2.26. The van der Waals surface area contributed by atoms with Gasteiger partial charge in [0.05, 0.1) is 6.26 Å². The lowest BCUT2D eigenvalue weighted by atomic mass is 9.97. The summed E-state index contributed by atoms with van der Waals surface area (Å²) in [6.45, 7) is 1.15. The molecule has 1 amide bonds. The molecule has 1 aliphatic carbocycles. The van der Waals surface area contributed by atoms with E-state index in [0.717, 1.165) is 44.2 Å². The molecule has 1 aliphatic heterocycles. The zero-order valence-electron chi connectivity index (χ0n) is 14.3. The van der Waals surface area contributed by atoms with Gasteiger partial charge in [-0.2, -0.15) is 0 Å². The van der Waals surface area contributed by atoms with Crippen LogP contribution in [0.15, 0.2) is 18.2 Å². The second kappa shape index (κ2) is 7.23. The molecule has 3 rings (SSSR count). The number of amides is 1. The van der Waals surface area contributed by atoms with Gasteiger partial charge < -0.3 is 4.90 Å². The van der Waals surface area contributed by atoms with Crippen molar-refractivity contribution >= 4 is 15.9 Å². The molecular formula is C18H26N2O3S. The first kappa shape index (κ1) is 17.4. The number of hydrogen-bond acceptors (Lipinski definition) is 3. The van der Waals surface area contributed by atoms with E-state index in [4.69, 9.17) is 0 Å². The van der Waals surface area contributed by atoms with Crippen molar-refractivity contribution in [3.63, 3.8) is 0 Å². The number of rotatable bonds is 5. The Labute approximate surface area is 144 Å². The predicted octanol–water partition coefficient (Wildman–Crippen LogP) is 2.11. The summed E-state index contributed by atoms with van der Waals surface area (Å²) in [6.07, 6.45) is 8.26. The number of nitrogens with one attached hydrogen (secondary N) is 1. The van der Waals surface area contributed by atoms with Crippen molar-refractivity contribution in [2.75, 3.05) is 19.3 Å². The molecule has 1 N–H and O–H groups in total. The fourth-order valence-corrected chi connectivity index (χ4v) is 4.34. The summed E-state index contributed by atoms with van der Waals surface area (Å²) < 4.78 is 25.0. The van der Waals surface area contributed by atoms with E-state index >= 15 is 0 Å². The Kier molecular flexibility index (Phi) is 5.25. The van der Waals surface area contributed by atoms with E-state index in [1.807, 2.05) is 11.0 Å². The van der Waals surface area contributed by atoms with E-state index in [-0.39, 0.29) is 11.9 Å². The molecule has 1 aromatic carbocycles. The standard InChI is InChI=1S/C18H26N2O3S/c1-24(22,23)19-11-10-17-7-2-3-12-20(17)18(21)16-9-8-14-5-4-6-15(14)13-16/h8-9,13,17,19H,2-7,10-12H2,1H3/t17-/m0/s1. The molecule has 0 unspecified atom stereocenters. The lowest BCUT2D eigenvalue weighted by Crippen LogP contribution is -2.45. The first-order valence-electron chi connectivity index (χ1n) is 8.81. The molecule has 1 atom stereocenters. The van der Waals surface area contributed by atoms with Crippen LogP contribution in [-0.4, -0.2) is 44.6 Å². The van der Waals surface area contributed by atoms with Crippen LogP contribution in [0.1, 0.15) is 53.6 Å². The number of hydrogen-bond donors (Lipinski definition) is 1. The van der Waals surface area contributed by atoms with Crippen LogP contribution in [0.25, 0.3) is 0 Å². The van der Waals surface area contributed by atoms with Crippen molar-refractivity contribution in [2.24, 2.45) is 0 Å². The molecule has 1 fully saturated rings. The van der Waals surface area contributed by atoms with E-state index < -0.39 is 10.0 Å². The van der Waals surface area contributed by atoms with E-state index in [9.17, 15) is 13.2 Å². The summed E-state index contributed by atoms with van der Waals surface area (Å²) in [6, 6.07) is 6.23. The van der Waals surface area contributed by atoms with Gasteiger partial charge in [-0.05, 0) is 68.2 Å². The van der Waals surface area contributed by atoms with E-state index in [1.165, 1.54) is 23.8 Å². The number of sulfonamides is 1. The number of aryl methyl sites for hydroxylation is 2. The van der Waals surface area contributed by atoms with Crippen molar-refractivity contribution < 1.29 is 13.2 Å². The third-order valence-corrected chi connectivity index (χ3v) is 5.80. The summed E-state index contributed by atoms with van der Waals surface area (Å²) >= 11 is 0. The Balaban J connectivity index is 1.69. The molecule has 0 bridgehead atoms. The number of likely N-dealkylation sites (tertiary alicyclic amines) is 1. The van der Waals surface area contributed by atoms with Crippen molar-refractivity contribution in [2.45, 2.75) is 51.0 Å². The summed E-state index contributed by atoms with van der Waals surface area (Å²) in [5, 5.41) is 0. The van der Waals surface area contributed by atoms with Gasteiger partial charge in [0.1, 0.15) is 0 Å². The van der Waals surface area contributed by atoms with Crippen LogP contribution in [0, 0.1) is 0 Å². The maximum Gasteiger partial charge on any atom is 0.254 e. The highest BCUT2D eigenvalue weighted by Gasteiger charge is 2.28. The number of fused-ring (bicyclic) bond motifs is 1. The van der Waals surface area contributed by atoms with Crippen molar-refractivity contribution in [1.82, 2.24) is 9.62 Å². The zero-order chi connectivity index (χ0) is 17.2. The molecule has 0 saturated carbocycles. The largest absolute Gasteiger partial charge is 0.336 e. The van der Waals surface area contributed by atoms with Crippen LogP contribution >= 0.6 is 0 Å². The van der Waals surface area contributed by atoms with Gasteiger partial charge in [0.15, 0.2) is 0 Å². The molecule has 0 aromatic heterocycles. The Morgan fingerprint density at radius 1 is 1.21 bits per heavy atom. The molecule has 1 heterocycles. The van der Waals surface area contributed by atoms with Crippen molar-refractivity contribution in [1.29, 1.82) is 0 Å². The third kappa shape index (κ3) is 4.16. The van der Waals surface area contributed by atoms with E-state index in [1.54, 1.807) is 0 Å². The molecule has 1 saturated heterocycles. The number of nitrogens with zero attached hydrogens (tertiary/aromatic N) is 1. The van der Waals surface area contributed by atoms with Gasteiger partial charge in [0.2, 0.25) is 10.0 Å². The molecule has 1 aromatic rings. The Morgan fingerprint density at radius 2 is 2.00 bits per heavy atom. The smallest absolute Gasteiger partial charge is 0.254 e. The molecule has 0 radical (unpaired) electrons. The van der Waals surface area contributed by atoms with E-state index in [2.05, 4.69) is 16.9 Å². The van der Waals surface area contributed by atoms with Gasteiger partial charge in [-0.3, -0.25) is 4.79 Å². The van der Waals surface area contributed by atoms with Gasteiger partial charge in [0.25, 0.3) is 5.91 Å². The zero-order valence-corrected chi connectivity index (χ0v) is 15.1. The quantitative estimate of drug-likeness (QED) is 0.884. The van der Waals surface area contributed by atoms with Gasteiger partial charge in [-0.1, -0.05) is 6.07 Å². The molecule has 5 nitrogen and oxygen atoms in total. The highest BCUT2D eigenvalue weighted by molar-refractivity contribution is 7.88.